The monoisotopic (exact) mass is 294 g/mol. The van der Waals surface area contributed by atoms with E-state index in [-0.39, 0.29) is 11.2 Å². The molecule has 0 aliphatic heterocycles. The van der Waals surface area contributed by atoms with Gasteiger partial charge < -0.3 is 9.05 Å². The molecule has 2 aromatic rings. The zero-order valence-corrected chi connectivity index (χ0v) is 13.5. The molecule has 0 saturated heterocycles. The second-order valence-electron chi connectivity index (χ2n) is 5.79. The van der Waals surface area contributed by atoms with Crippen LogP contribution in [0, 0.1) is 0 Å². The fourth-order valence-corrected chi connectivity index (χ4v) is 2.46. The smallest absolute Gasteiger partial charge is 0.325 e. The van der Waals surface area contributed by atoms with Gasteiger partial charge in [0, 0.05) is 14.1 Å². The number of rotatable bonds is 5. The third-order valence-electron chi connectivity index (χ3n) is 4.62. The number of fused-ring (bicyclic) bond motifs is 1. The lowest BCUT2D eigenvalue weighted by Crippen LogP contribution is -2.45. The van der Waals surface area contributed by atoms with Crippen LogP contribution in [0.4, 0.5) is 0 Å². The summed E-state index contributed by atoms with van der Waals surface area (Å²) in [5.74, 6) is 0. The molecule has 0 amide bonds. The van der Waals surface area contributed by atoms with Gasteiger partial charge in [0.15, 0.2) is 11.2 Å². The minimum atomic E-state index is -0.347. The molecule has 7 heteroatoms. The van der Waals surface area contributed by atoms with Gasteiger partial charge in [-0.2, -0.15) is 0 Å². The molecule has 116 valence electrons. The molecule has 2 heterocycles. The summed E-state index contributed by atoms with van der Waals surface area (Å²) in [4.78, 5) is 28.5. The minimum Gasteiger partial charge on any atom is -0.325 e. The van der Waals surface area contributed by atoms with E-state index in [0.717, 1.165) is 28.7 Å². The van der Waals surface area contributed by atoms with Gasteiger partial charge in [-0.25, -0.2) is 9.78 Å². The van der Waals surface area contributed by atoms with Crippen molar-refractivity contribution in [1.82, 2.24) is 18.7 Å². The number of hydrogen-bond donors (Lipinski definition) is 0. The van der Waals surface area contributed by atoms with Crippen molar-refractivity contribution in [3.8, 4) is 0 Å². The first-order valence-corrected chi connectivity index (χ1v) is 7.29. The van der Waals surface area contributed by atoms with Gasteiger partial charge in [0.1, 0.15) is 0 Å². The highest BCUT2D eigenvalue weighted by Crippen LogP contribution is 2.08. The van der Waals surface area contributed by atoms with E-state index in [2.05, 4.69) is 25.9 Å². The van der Waals surface area contributed by atoms with Crippen LogP contribution in [-0.4, -0.2) is 49.9 Å². The van der Waals surface area contributed by atoms with E-state index in [4.69, 9.17) is 0 Å². The Morgan fingerprint density at radius 3 is 2.33 bits per heavy atom. The summed E-state index contributed by atoms with van der Waals surface area (Å²) in [5.41, 5.74) is 0.317. The summed E-state index contributed by atoms with van der Waals surface area (Å²) in [6.45, 7) is 8.04. The second kappa shape index (κ2) is 5.48. The van der Waals surface area contributed by atoms with Crippen LogP contribution in [0.3, 0.4) is 0 Å². The van der Waals surface area contributed by atoms with Crippen LogP contribution in [0.5, 0.6) is 0 Å². The SMILES string of the molecule is CC[N+](C)(CC)CCn1cnc2c1c(=O)n(C)c(=O)n2C. The van der Waals surface area contributed by atoms with Gasteiger partial charge >= 0.3 is 5.69 Å². The van der Waals surface area contributed by atoms with Crippen molar-refractivity contribution in [3.05, 3.63) is 27.2 Å². The average molecular weight is 294 g/mol. The topological polar surface area (TPSA) is 61.8 Å². The van der Waals surface area contributed by atoms with Gasteiger partial charge in [0.05, 0.1) is 39.6 Å². The van der Waals surface area contributed by atoms with Crippen molar-refractivity contribution >= 4 is 11.2 Å². The van der Waals surface area contributed by atoms with Crippen LogP contribution < -0.4 is 11.2 Å². The molecule has 0 aromatic carbocycles. The van der Waals surface area contributed by atoms with Gasteiger partial charge in [-0.15, -0.1) is 0 Å². The maximum atomic E-state index is 12.3. The van der Waals surface area contributed by atoms with Gasteiger partial charge in [-0.1, -0.05) is 0 Å². The van der Waals surface area contributed by atoms with Crippen molar-refractivity contribution < 1.29 is 4.48 Å². The molecule has 0 bridgehead atoms. The summed E-state index contributed by atoms with van der Waals surface area (Å²) in [5, 5.41) is 0. The Labute approximate surface area is 123 Å². The lowest BCUT2D eigenvalue weighted by Gasteiger charge is -2.32. The summed E-state index contributed by atoms with van der Waals surface area (Å²) in [6, 6.07) is 0. The first-order chi connectivity index (χ1) is 9.84. The van der Waals surface area contributed by atoms with Crippen LogP contribution in [0.15, 0.2) is 15.9 Å². The van der Waals surface area contributed by atoms with Gasteiger partial charge in [-0.05, 0) is 13.8 Å². The molecule has 2 rings (SSSR count). The van der Waals surface area contributed by atoms with Crippen molar-refractivity contribution in [2.75, 3.05) is 26.7 Å². The molecular weight excluding hydrogens is 270 g/mol. The van der Waals surface area contributed by atoms with E-state index in [0.29, 0.717) is 17.7 Å². The highest BCUT2D eigenvalue weighted by Gasteiger charge is 2.19. The van der Waals surface area contributed by atoms with Gasteiger partial charge in [-0.3, -0.25) is 13.9 Å². The fraction of sp³-hybridized carbons (Fsp3) is 0.643. The number of quaternary nitrogens is 1. The quantitative estimate of drug-likeness (QED) is 0.725. The molecule has 0 aliphatic rings. The van der Waals surface area contributed by atoms with Crippen LogP contribution in [0.25, 0.3) is 11.2 Å². The zero-order chi connectivity index (χ0) is 15.8. The molecule has 2 aromatic heterocycles. The molecule has 0 atom stereocenters. The molecule has 0 aliphatic carbocycles. The van der Waals surface area contributed by atoms with Crippen LogP contribution in [0.2, 0.25) is 0 Å². The summed E-state index contributed by atoms with van der Waals surface area (Å²) < 4.78 is 5.35. The van der Waals surface area contributed by atoms with Crippen molar-refractivity contribution in [3.63, 3.8) is 0 Å². The molecule has 0 radical (unpaired) electrons. The van der Waals surface area contributed by atoms with E-state index in [1.165, 1.54) is 11.6 Å². The predicted molar refractivity (Wildman–Crippen MR) is 82.3 cm³/mol. The number of imidazole rings is 1. The summed E-state index contributed by atoms with van der Waals surface area (Å²) in [7, 11) is 5.34. The molecule has 7 nitrogen and oxygen atoms in total. The molecule has 0 N–H and O–H groups in total. The average Bonchev–Trinajstić information content (AvgIpc) is 2.92. The molecule has 0 fully saturated rings. The minimum absolute atomic E-state index is 0.284. The second-order valence-corrected chi connectivity index (χ2v) is 5.79. The largest absolute Gasteiger partial charge is 0.332 e. The normalized spacial score (nSPS) is 12.2. The van der Waals surface area contributed by atoms with Crippen LogP contribution in [0.1, 0.15) is 13.8 Å². The highest BCUT2D eigenvalue weighted by atomic mass is 16.2. The third-order valence-corrected chi connectivity index (χ3v) is 4.62. The Morgan fingerprint density at radius 2 is 1.76 bits per heavy atom. The van der Waals surface area contributed by atoms with E-state index < -0.39 is 0 Å². The Morgan fingerprint density at radius 1 is 1.14 bits per heavy atom. The Balaban J connectivity index is 2.48. The van der Waals surface area contributed by atoms with Crippen molar-refractivity contribution in [2.24, 2.45) is 14.1 Å². The number of aryl methyl sites for hydroxylation is 1. The predicted octanol–water partition coefficient (Wildman–Crippen LogP) is -0.0799. The Kier molecular flexibility index (Phi) is 4.04. The van der Waals surface area contributed by atoms with Crippen molar-refractivity contribution in [1.29, 1.82) is 0 Å². The third kappa shape index (κ3) is 2.53. The Hall–Kier alpha value is -1.89. The zero-order valence-electron chi connectivity index (χ0n) is 13.5. The fourth-order valence-electron chi connectivity index (χ4n) is 2.46. The number of nitrogens with zero attached hydrogens (tertiary/aromatic N) is 5. The van der Waals surface area contributed by atoms with Crippen LogP contribution in [-0.2, 0) is 20.6 Å². The molecule has 0 spiro atoms. The Bertz CT molecular complexity index is 764. The maximum absolute atomic E-state index is 12.3. The van der Waals surface area contributed by atoms with Crippen LogP contribution >= 0.6 is 0 Å². The van der Waals surface area contributed by atoms with E-state index in [1.54, 1.807) is 13.4 Å². The van der Waals surface area contributed by atoms with E-state index in [1.807, 2.05) is 4.57 Å². The molecule has 21 heavy (non-hydrogen) atoms. The number of likely N-dealkylation sites (N-methyl/N-ethyl adjacent to an activating group) is 1. The van der Waals surface area contributed by atoms with E-state index in [9.17, 15) is 9.59 Å². The lowest BCUT2D eigenvalue weighted by atomic mass is 10.3. The van der Waals surface area contributed by atoms with Crippen molar-refractivity contribution in [2.45, 2.75) is 20.4 Å². The molecular formula is C14H24N5O2+. The number of aromatic nitrogens is 4. The maximum Gasteiger partial charge on any atom is 0.332 e. The first-order valence-electron chi connectivity index (χ1n) is 7.29. The molecule has 0 unspecified atom stereocenters. The lowest BCUT2D eigenvalue weighted by molar-refractivity contribution is -0.906. The van der Waals surface area contributed by atoms with Gasteiger partial charge in [0.2, 0.25) is 0 Å². The standard InChI is InChI=1S/C14H24N5O2/c1-6-19(5,7-2)9-8-18-10-15-12-11(18)13(20)17(4)14(21)16(12)3/h10H,6-9H2,1-5H3/q+1. The summed E-state index contributed by atoms with van der Waals surface area (Å²) in [6.07, 6.45) is 1.65. The molecule has 0 saturated carbocycles. The van der Waals surface area contributed by atoms with Gasteiger partial charge in [0.25, 0.3) is 5.56 Å². The highest BCUT2D eigenvalue weighted by molar-refractivity contribution is 5.69. The first kappa shape index (κ1) is 15.5. The van der Waals surface area contributed by atoms with E-state index >= 15 is 0 Å². The summed E-state index contributed by atoms with van der Waals surface area (Å²) >= 11 is 0. The number of hydrogen-bond acceptors (Lipinski definition) is 3.